The lowest BCUT2D eigenvalue weighted by Crippen LogP contribution is -2.62. The first-order valence-electron chi connectivity index (χ1n) is 6.86. The van der Waals surface area contributed by atoms with Crippen LogP contribution in [0.25, 0.3) is 0 Å². The Morgan fingerprint density at radius 2 is 2.15 bits per heavy atom. The number of hydrogen-bond donors (Lipinski definition) is 1. The third kappa shape index (κ3) is 3.12. The van der Waals surface area contributed by atoms with E-state index in [2.05, 4.69) is 15.5 Å². The number of hydrogen-bond acceptors (Lipinski definition) is 4. The Balaban J connectivity index is 2.16. The van der Waals surface area contributed by atoms with Gasteiger partial charge in [-0.15, -0.1) is 0 Å². The van der Waals surface area contributed by atoms with Crippen molar-refractivity contribution in [2.75, 3.05) is 0 Å². The number of aromatic nitrogens is 2. The van der Waals surface area contributed by atoms with Crippen molar-refractivity contribution in [1.29, 1.82) is 0 Å². The minimum absolute atomic E-state index is 0.0450. The molecule has 2 unspecified atom stereocenters. The minimum atomic E-state index is -0.479. The first kappa shape index (κ1) is 14.4. The van der Waals surface area contributed by atoms with Gasteiger partial charge in [0.15, 0.2) is 0 Å². The predicted octanol–water partition coefficient (Wildman–Crippen LogP) is 0.738. The topological polar surface area (TPSA) is 75.2 Å². The lowest BCUT2D eigenvalue weighted by atomic mass is 9.99. The first-order valence-corrected chi connectivity index (χ1v) is 6.86. The fourth-order valence-electron chi connectivity index (χ4n) is 2.32. The quantitative estimate of drug-likeness (QED) is 0.880. The molecule has 2 heterocycles. The number of piperazine rings is 1. The van der Waals surface area contributed by atoms with Gasteiger partial charge in [0.1, 0.15) is 12.1 Å². The van der Waals surface area contributed by atoms with E-state index in [1.165, 1.54) is 0 Å². The molecule has 0 spiro atoms. The standard InChI is InChI=1S/C14H20N4O2/c1-9(2)7-12-14(20)18(10(3)13(19)16-12)8-11-5-4-6-15-17-11/h4-6,9-10,12H,7-8H2,1-3H3,(H,16,19). The highest BCUT2D eigenvalue weighted by Crippen LogP contribution is 2.17. The van der Waals surface area contributed by atoms with Crippen LogP contribution in [0.5, 0.6) is 0 Å². The molecule has 1 aromatic rings. The Labute approximate surface area is 118 Å². The van der Waals surface area contributed by atoms with Crippen LogP contribution in [0, 0.1) is 5.92 Å². The minimum Gasteiger partial charge on any atom is -0.343 e. The molecule has 0 saturated carbocycles. The second-order valence-corrected chi connectivity index (χ2v) is 5.55. The molecule has 1 aliphatic rings. The number of nitrogens with one attached hydrogen (secondary N) is 1. The molecule has 0 aromatic carbocycles. The molecule has 0 radical (unpaired) electrons. The monoisotopic (exact) mass is 276 g/mol. The summed E-state index contributed by atoms with van der Waals surface area (Å²) in [6.45, 7) is 6.11. The van der Waals surface area contributed by atoms with Gasteiger partial charge in [0, 0.05) is 6.20 Å². The van der Waals surface area contributed by atoms with Gasteiger partial charge in [-0.3, -0.25) is 9.59 Å². The molecule has 0 aliphatic carbocycles. The maximum absolute atomic E-state index is 12.5. The smallest absolute Gasteiger partial charge is 0.246 e. The Bertz CT molecular complexity index is 489. The summed E-state index contributed by atoms with van der Waals surface area (Å²) in [5.74, 6) is 0.187. The Kier molecular flexibility index (Phi) is 4.32. The van der Waals surface area contributed by atoms with Crippen LogP contribution in [0.3, 0.4) is 0 Å². The van der Waals surface area contributed by atoms with Crippen LogP contribution in [-0.2, 0) is 16.1 Å². The Morgan fingerprint density at radius 3 is 2.75 bits per heavy atom. The average molecular weight is 276 g/mol. The van der Waals surface area contributed by atoms with Crippen LogP contribution >= 0.6 is 0 Å². The number of carbonyl (C=O) groups excluding carboxylic acids is 2. The van der Waals surface area contributed by atoms with Crippen molar-refractivity contribution >= 4 is 11.8 Å². The van der Waals surface area contributed by atoms with Crippen LogP contribution in [0.15, 0.2) is 18.3 Å². The van der Waals surface area contributed by atoms with Gasteiger partial charge >= 0.3 is 0 Å². The highest BCUT2D eigenvalue weighted by atomic mass is 16.2. The van der Waals surface area contributed by atoms with Crippen molar-refractivity contribution < 1.29 is 9.59 Å². The molecular formula is C14H20N4O2. The second kappa shape index (κ2) is 5.98. The van der Waals surface area contributed by atoms with E-state index in [0.717, 1.165) is 0 Å². The van der Waals surface area contributed by atoms with Crippen molar-refractivity contribution in [2.45, 2.75) is 45.8 Å². The van der Waals surface area contributed by atoms with E-state index >= 15 is 0 Å². The third-order valence-electron chi connectivity index (χ3n) is 3.41. The molecule has 2 atom stereocenters. The van der Waals surface area contributed by atoms with Gasteiger partial charge in [0.2, 0.25) is 11.8 Å². The second-order valence-electron chi connectivity index (χ2n) is 5.55. The largest absolute Gasteiger partial charge is 0.343 e. The fraction of sp³-hybridized carbons (Fsp3) is 0.571. The van der Waals surface area contributed by atoms with Crippen molar-refractivity contribution in [1.82, 2.24) is 20.4 Å². The summed E-state index contributed by atoms with van der Waals surface area (Å²) in [4.78, 5) is 26.1. The zero-order chi connectivity index (χ0) is 14.7. The molecule has 1 aromatic heterocycles. The van der Waals surface area contributed by atoms with Crippen molar-refractivity contribution in [2.24, 2.45) is 5.92 Å². The maximum atomic E-state index is 12.5. The Morgan fingerprint density at radius 1 is 1.40 bits per heavy atom. The van der Waals surface area contributed by atoms with Gasteiger partial charge in [-0.05, 0) is 31.4 Å². The van der Waals surface area contributed by atoms with Crippen LogP contribution in [0.1, 0.15) is 32.9 Å². The number of carbonyl (C=O) groups is 2. The van der Waals surface area contributed by atoms with Gasteiger partial charge < -0.3 is 10.2 Å². The van der Waals surface area contributed by atoms with E-state index in [4.69, 9.17) is 0 Å². The SMILES string of the molecule is CC(C)CC1NC(=O)C(C)N(Cc2cccnn2)C1=O. The lowest BCUT2D eigenvalue weighted by molar-refractivity contribution is -0.149. The van der Waals surface area contributed by atoms with Gasteiger partial charge in [-0.1, -0.05) is 13.8 Å². The fourth-order valence-corrected chi connectivity index (χ4v) is 2.32. The van der Waals surface area contributed by atoms with E-state index in [0.29, 0.717) is 24.6 Å². The molecule has 108 valence electrons. The molecular weight excluding hydrogens is 256 g/mol. The van der Waals surface area contributed by atoms with E-state index in [1.807, 2.05) is 13.8 Å². The van der Waals surface area contributed by atoms with Crippen molar-refractivity contribution in [3.05, 3.63) is 24.0 Å². The maximum Gasteiger partial charge on any atom is 0.246 e. The molecule has 1 aliphatic heterocycles. The van der Waals surface area contributed by atoms with Crippen molar-refractivity contribution in [3.63, 3.8) is 0 Å². The molecule has 2 amide bonds. The molecule has 0 bridgehead atoms. The van der Waals surface area contributed by atoms with E-state index in [9.17, 15) is 9.59 Å². The van der Waals surface area contributed by atoms with Gasteiger partial charge in [0.25, 0.3) is 0 Å². The highest BCUT2D eigenvalue weighted by molar-refractivity contribution is 5.96. The molecule has 2 rings (SSSR count). The van der Waals surface area contributed by atoms with E-state index in [-0.39, 0.29) is 11.8 Å². The van der Waals surface area contributed by atoms with Gasteiger partial charge in [0.05, 0.1) is 12.2 Å². The highest BCUT2D eigenvalue weighted by Gasteiger charge is 2.38. The third-order valence-corrected chi connectivity index (χ3v) is 3.41. The van der Waals surface area contributed by atoms with Crippen LogP contribution < -0.4 is 5.32 Å². The first-order chi connectivity index (χ1) is 9.49. The van der Waals surface area contributed by atoms with Gasteiger partial charge in [-0.2, -0.15) is 10.2 Å². The van der Waals surface area contributed by atoms with Crippen LogP contribution in [-0.4, -0.2) is 39.0 Å². The lowest BCUT2D eigenvalue weighted by Gasteiger charge is -2.37. The summed E-state index contributed by atoms with van der Waals surface area (Å²) >= 11 is 0. The van der Waals surface area contributed by atoms with Crippen molar-refractivity contribution in [3.8, 4) is 0 Å². The molecule has 6 nitrogen and oxygen atoms in total. The zero-order valence-corrected chi connectivity index (χ0v) is 12.0. The van der Waals surface area contributed by atoms with E-state index in [1.54, 1.807) is 30.2 Å². The summed E-state index contributed by atoms with van der Waals surface area (Å²) in [5.41, 5.74) is 0.686. The number of amides is 2. The normalized spacial score (nSPS) is 23.1. The van der Waals surface area contributed by atoms with E-state index < -0.39 is 12.1 Å². The summed E-state index contributed by atoms with van der Waals surface area (Å²) in [7, 11) is 0. The molecule has 1 N–H and O–H groups in total. The zero-order valence-electron chi connectivity index (χ0n) is 12.0. The summed E-state index contributed by atoms with van der Waals surface area (Å²) < 4.78 is 0. The number of nitrogens with zero attached hydrogens (tertiary/aromatic N) is 3. The average Bonchev–Trinajstić information content (AvgIpc) is 2.41. The Hall–Kier alpha value is -1.98. The summed E-state index contributed by atoms with van der Waals surface area (Å²) in [6, 6.07) is 2.66. The molecule has 20 heavy (non-hydrogen) atoms. The predicted molar refractivity (Wildman–Crippen MR) is 73.4 cm³/mol. The number of rotatable bonds is 4. The summed E-state index contributed by atoms with van der Waals surface area (Å²) in [5, 5.41) is 10.6. The molecule has 6 heteroatoms. The van der Waals surface area contributed by atoms with Gasteiger partial charge in [-0.25, -0.2) is 0 Å². The molecule has 1 fully saturated rings. The summed E-state index contributed by atoms with van der Waals surface area (Å²) in [6.07, 6.45) is 2.23. The van der Waals surface area contributed by atoms with Crippen LogP contribution in [0.4, 0.5) is 0 Å². The molecule has 1 saturated heterocycles. The van der Waals surface area contributed by atoms with Crippen LogP contribution in [0.2, 0.25) is 0 Å².